The number of primary amides is 1. The molecule has 2 aromatic carbocycles. The largest absolute Gasteiger partial charge is 0.351 e. The smallest absolute Gasteiger partial charge is 0.319 e. The summed E-state index contributed by atoms with van der Waals surface area (Å²) in [6, 6.07) is 14.6. The van der Waals surface area contributed by atoms with Gasteiger partial charge >= 0.3 is 6.03 Å². The lowest BCUT2D eigenvalue weighted by atomic mass is 10.0. The average Bonchev–Trinajstić information content (AvgIpc) is 3.41. The summed E-state index contributed by atoms with van der Waals surface area (Å²) in [5.41, 5.74) is 6.91. The van der Waals surface area contributed by atoms with Gasteiger partial charge in [0.15, 0.2) is 6.04 Å². The summed E-state index contributed by atoms with van der Waals surface area (Å²) in [6.07, 6.45) is 2.04. The van der Waals surface area contributed by atoms with Gasteiger partial charge in [-0.3, -0.25) is 10.1 Å². The second kappa shape index (κ2) is 7.44. The molecule has 25 heavy (non-hydrogen) atoms. The summed E-state index contributed by atoms with van der Waals surface area (Å²) in [4.78, 5) is 24.9. The number of hydrogen-bond acceptors (Lipinski definition) is 2. The standard InChI is InChI=1S/C19H20FN3O2/c20-15-8-6-13(7-9-15)12-23(16-10-11-16)17(18(24)22-19(21)25)14-4-2-1-3-5-14/h1-9,16-17H,10-12H2,(H3,21,22,24,25)/p+1/t17-/m1/s1. The molecule has 0 aliphatic heterocycles. The van der Waals surface area contributed by atoms with E-state index >= 15 is 0 Å². The first kappa shape index (κ1) is 17.1. The van der Waals surface area contributed by atoms with Crippen LogP contribution >= 0.6 is 0 Å². The Balaban J connectivity index is 1.91. The first-order valence-electron chi connectivity index (χ1n) is 8.30. The normalized spacial score (nSPS) is 16.0. The molecule has 1 aliphatic rings. The number of carbonyl (C=O) groups is 2. The Morgan fingerprint density at radius 3 is 2.32 bits per heavy atom. The number of rotatable bonds is 6. The van der Waals surface area contributed by atoms with Crippen LogP contribution in [0.25, 0.3) is 0 Å². The van der Waals surface area contributed by atoms with E-state index in [0.29, 0.717) is 12.6 Å². The van der Waals surface area contributed by atoms with Crippen molar-refractivity contribution >= 4 is 11.9 Å². The molecule has 0 bridgehead atoms. The van der Waals surface area contributed by atoms with Crippen molar-refractivity contribution in [1.82, 2.24) is 5.32 Å². The number of quaternary nitrogens is 1. The van der Waals surface area contributed by atoms with Crippen LogP contribution in [-0.2, 0) is 11.3 Å². The molecule has 1 saturated carbocycles. The van der Waals surface area contributed by atoms with Gasteiger partial charge in [-0.05, 0) is 12.1 Å². The molecule has 0 radical (unpaired) electrons. The molecule has 2 atom stereocenters. The maximum atomic E-state index is 13.2. The van der Waals surface area contributed by atoms with E-state index < -0.39 is 18.0 Å². The lowest BCUT2D eigenvalue weighted by molar-refractivity contribution is -0.946. The van der Waals surface area contributed by atoms with Gasteiger partial charge in [-0.25, -0.2) is 9.18 Å². The highest BCUT2D eigenvalue weighted by Gasteiger charge is 2.42. The van der Waals surface area contributed by atoms with Gasteiger partial charge < -0.3 is 10.6 Å². The second-order valence-electron chi connectivity index (χ2n) is 6.35. The van der Waals surface area contributed by atoms with Crippen LogP contribution in [0.5, 0.6) is 0 Å². The molecule has 3 amide bonds. The van der Waals surface area contributed by atoms with E-state index in [1.165, 1.54) is 12.1 Å². The number of carbonyl (C=O) groups excluding carboxylic acids is 2. The van der Waals surface area contributed by atoms with Crippen LogP contribution in [0.2, 0.25) is 0 Å². The molecule has 130 valence electrons. The van der Waals surface area contributed by atoms with Crippen LogP contribution in [0.15, 0.2) is 54.6 Å². The summed E-state index contributed by atoms with van der Waals surface area (Å²) in [7, 11) is 0. The number of halogens is 1. The summed E-state index contributed by atoms with van der Waals surface area (Å²) < 4.78 is 13.2. The third-order valence-electron chi connectivity index (χ3n) is 4.44. The number of urea groups is 1. The molecule has 6 heteroatoms. The van der Waals surface area contributed by atoms with E-state index in [0.717, 1.165) is 28.9 Å². The molecule has 5 nitrogen and oxygen atoms in total. The predicted molar refractivity (Wildman–Crippen MR) is 91.0 cm³/mol. The molecule has 1 fully saturated rings. The highest BCUT2D eigenvalue weighted by molar-refractivity contribution is 5.96. The van der Waals surface area contributed by atoms with Crippen LogP contribution in [0.3, 0.4) is 0 Å². The quantitative estimate of drug-likeness (QED) is 0.740. The Bertz CT molecular complexity index is 745. The van der Waals surface area contributed by atoms with Crippen LogP contribution in [0.4, 0.5) is 9.18 Å². The van der Waals surface area contributed by atoms with E-state index in [9.17, 15) is 14.0 Å². The van der Waals surface area contributed by atoms with E-state index in [1.807, 2.05) is 30.3 Å². The second-order valence-corrected chi connectivity index (χ2v) is 6.35. The SMILES string of the molecule is NC(=O)NC(=O)[C@@H](c1ccccc1)[NH+](Cc1ccc(F)cc1)C1CC1. The molecule has 3 rings (SSSR count). The zero-order valence-corrected chi connectivity index (χ0v) is 13.7. The number of benzene rings is 2. The Labute approximate surface area is 145 Å². The molecule has 1 unspecified atom stereocenters. The average molecular weight is 342 g/mol. The van der Waals surface area contributed by atoms with Gasteiger partial charge in [0.25, 0.3) is 5.91 Å². The van der Waals surface area contributed by atoms with Crippen molar-refractivity contribution in [2.24, 2.45) is 5.73 Å². The molecular formula is C19H21FN3O2+. The van der Waals surface area contributed by atoms with E-state index in [4.69, 9.17) is 5.73 Å². The minimum atomic E-state index is -0.858. The van der Waals surface area contributed by atoms with E-state index in [1.54, 1.807) is 12.1 Å². The topological polar surface area (TPSA) is 76.6 Å². The highest BCUT2D eigenvalue weighted by atomic mass is 19.1. The third kappa shape index (κ3) is 4.42. The number of amides is 3. The molecular weight excluding hydrogens is 321 g/mol. The zero-order valence-electron chi connectivity index (χ0n) is 13.7. The van der Waals surface area contributed by atoms with Crippen molar-refractivity contribution < 1.29 is 18.9 Å². The van der Waals surface area contributed by atoms with Crippen LogP contribution in [0, 0.1) is 5.82 Å². The summed E-state index contributed by atoms with van der Waals surface area (Å²) >= 11 is 0. The number of nitrogens with two attached hydrogens (primary N) is 1. The van der Waals surface area contributed by atoms with Crippen molar-refractivity contribution in [2.75, 3.05) is 0 Å². The maximum Gasteiger partial charge on any atom is 0.319 e. The molecule has 2 aromatic rings. The first-order valence-corrected chi connectivity index (χ1v) is 8.30. The zero-order chi connectivity index (χ0) is 17.8. The van der Waals surface area contributed by atoms with Gasteiger partial charge in [0.05, 0.1) is 6.04 Å². The van der Waals surface area contributed by atoms with Crippen LogP contribution < -0.4 is 16.0 Å². The lowest BCUT2D eigenvalue weighted by Gasteiger charge is -2.28. The molecule has 0 saturated heterocycles. The minimum Gasteiger partial charge on any atom is -0.351 e. The van der Waals surface area contributed by atoms with Gasteiger partial charge in [0.1, 0.15) is 12.4 Å². The Kier molecular flexibility index (Phi) is 5.09. The predicted octanol–water partition coefficient (Wildman–Crippen LogP) is 1.31. The molecule has 0 heterocycles. The van der Waals surface area contributed by atoms with Crippen molar-refractivity contribution in [3.05, 3.63) is 71.5 Å². The fourth-order valence-electron chi connectivity index (χ4n) is 3.15. The van der Waals surface area contributed by atoms with E-state index in [2.05, 4.69) is 5.32 Å². The van der Waals surface area contributed by atoms with Crippen LogP contribution in [0.1, 0.15) is 30.0 Å². The molecule has 4 N–H and O–H groups in total. The van der Waals surface area contributed by atoms with Gasteiger partial charge in [0.2, 0.25) is 0 Å². The molecule has 1 aliphatic carbocycles. The van der Waals surface area contributed by atoms with Crippen molar-refractivity contribution in [3.63, 3.8) is 0 Å². The lowest BCUT2D eigenvalue weighted by Crippen LogP contribution is -3.13. The number of nitrogens with one attached hydrogen (secondary N) is 2. The third-order valence-corrected chi connectivity index (χ3v) is 4.44. The summed E-state index contributed by atoms with van der Waals surface area (Å²) in [5.74, 6) is -0.703. The fraction of sp³-hybridized carbons (Fsp3) is 0.263. The van der Waals surface area contributed by atoms with Crippen molar-refractivity contribution in [2.45, 2.75) is 31.5 Å². The van der Waals surface area contributed by atoms with Gasteiger partial charge in [-0.15, -0.1) is 0 Å². The Morgan fingerprint density at radius 2 is 1.76 bits per heavy atom. The summed E-state index contributed by atoms with van der Waals surface area (Å²) in [6.45, 7) is 0.566. The summed E-state index contributed by atoms with van der Waals surface area (Å²) in [5, 5.41) is 2.22. The molecule has 0 spiro atoms. The monoisotopic (exact) mass is 342 g/mol. The Morgan fingerprint density at radius 1 is 1.12 bits per heavy atom. The Hall–Kier alpha value is -2.73. The maximum absolute atomic E-state index is 13.2. The van der Waals surface area contributed by atoms with Crippen molar-refractivity contribution in [1.29, 1.82) is 0 Å². The first-order chi connectivity index (χ1) is 12.0. The van der Waals surface area contributed by atoms with Crippen molar-refractivity contribution in [3.8, 4) is 0 Å². The number of imide groups is 1. The van der Waals surface area contributed by atoms with Gasteiger partial charge in [0, 0.05) is 24.0 Å². The molecule has 0 aromatic heterocycles. The van der Waals surface area contributed by atoms with Gasteiger partial charge in [-0.2, -0.15) is 0 Å². The van der Waals surface area contributed by atoms with Crippen LogP contribution in [-0.4, -0.2) is 18.0 Å². The minimum absolute atomic E-state index is 0.289. The van der Waals surface area contributed by atoms with E-state index in [-0.39, 0.29) is 5.82 Å². The van der Waals surface area contributed by atoms with Gasteiger partial charge in [-0.1, -0.05) is 42.5 Å². The fourth-order valence-corrected chi connectivity index (χ4v) is 3.15. The highest BCUT2D eigenvalue weighted by Crippen LogP contribution is 2.21. The number of hydrogen-bond donors (Lipinski definition) is 3.